The largest absolute Gasteiger partial charge is 0.350 e. The topological polar surface area (TPSA) is 68.0 Å². The van der Waals surface area contributed by atoms with Crippen LogP contribution in [0.2, 0.25) is 0 Å². The van der Waals surface area contributed by atoms with Gasteiger partial charge in [-0.3, -0.25) is 9.78 Å². The summed E-state index contributed by atoms with van der Waals surface area (Å²) in [7, 11) is 0. The zero-order valence-electron chi connectivity index (χ0n) is 12.3. The van der Waals surface area contributed by atoms with Crippen LogP contribution in [0, 0.1) is 5.41 Å². The average Bonchev–Trinajstić information content (AvgIpc) is 2.49. The molecular weight excluding hydrogens is 250 g/mol. The molecule has 0 aromatic carbocycles. The number of amides is 1. The van der Waals surface area contributed by atoms with Crippen LogP contribution in [-0.2, 0) is 4.79 Å². The molecule has 1 aliphatic rings. The van der Waals surface area contributed by atoms with Gasteiger partial charge in [-0.2, -0.15) is 0 Å². The first-order valence-electron chi connectivity index (χ1n) is 7.55. The Balaban J connectivity index is 1.91. The van der Waals surface area contributed by atoms with E-state index in [0.29, 0.717) is 13.0 Å². The van der Waals surface area contributed by atoms with Crippen LogP contribution >= 0.6 is 0 Å². The minimum atomic E-state index is 0.0175. The van der Waals surface area contributed by atoms with Gasteiger partial charge in [0.15, 0.2) is 0 Å². The van der Waals surface area contributed by atoms with Crippen molar-refractivity contribution in [2.75, 3.05) is 6.54 Å². The standard InChI is InChI=1S/C16H25N3O/c1-13(14-5-9-18-10-6-14)19-15(20)11-16(12-17)7-3-2-4-8-16/h5-6,9-10,13H,2-4,7-8,11-12,17H2,1H3,(H,19,20)/t13-/m0/s1. The van der Waals surface area contributed by atoms with Gasteiger partial charge in [-0.1, -0.05) is 19.3 Å². The summed E-state index contributed by atoms with van der Waals surface area (Å²) in [4.78, 5) is 16.3. The fourth-order valence-electron chi connectivity index (χ4n) is 3.12. The van der Waals surface area contributed by atoms with Crippen molar-refractivity contribution in [1.82, 2.24) is 10.3 Å². The van der Waals surface area contributed by atoms with Gasteiger partial charge in [0.2, 0.25) is 5.91 Å². The first kappa shape index (κ1) is 15.0. The molecule has 0 unspecified atom stereocenters. The monoisotopic (exact) mass is 275 g/mol. The molecule has 0 bridgehead atoms. The lowest BCUT2D eigenvalue weighted by atomic mass is 9.71. The molecule has 1 atom stereocenters. The summed E-state index contributed by atoms with van der Waals surface area (Å²) < 4.78 is 0. The molecule has 1 aromatic rings. The minimum absolute atomic E-state index is 0.0175. The number of rotatable bonds is 5. The van der Waals surface area contributed by atoms with Crippen LogP contribution < -0.4 is 11.1 Å². The molecule has 110 valence electrons. The predicted octanol–water partition coefficient (Wildman–Crippen LogP) is 2.56. The molecule has 4 heteroatoms. The van der Waals surface area contributed by atoms with Gasteiger partial charge in [0.05, 0.1) is 6.04 Å². The first-order valence-corrected chi connectivity index (χ1v) is 7.55. The molecule has 1 amide bonds. The van der Waals surface area contributed by atoms with E-state index >= 15 is 0 Å². The summed E-state index contributed by atoms with van der Waals surface area (Å²) in [5.74, 6) is 0.113. The zero-order valence-corrected chi connectivity index (χ0v) is 12.3. The lowest BCUT2D eigenvalue weighted by molar-refractivity contribution is -0.124. The van der Waals surface area contributed by atoms with E-state index < -0.39 is 0 Å². The highest BCUT2D eigenvalue weighted by molar-refractivity contribution is 5.77. The Hall–Kier alpha value is -1.42. The number of nitrogens with zero attached hydrogens (tertiary/aromatic N) is 1. The van der Waals surface area contributed by atoms with E-state index in [1.807, 2.05) is 19.1 Å². The van der Waals surface area contributed by atoms with Crippen molar-refractivity contribution in [3.05, 3.63) is 30.1 Å². The van der Waals surface area contributed by atoms with E-state index in [-0.39, 0.29) is 17.4 Å². The smallest absolute Gasteiger partial charge is 0.221 e. The average molecular weight is 275 g/mol. The highest BCUT2D eigenvalue weighted by Gasteiger charge is 2.33. The summed E-state index contributed by atoms with van der Waals surface area (Å²) >= 11 is 0. The number of pyridine rings is 1. The molecule has 2 rings (SSSR count). The van der Waals surface area contributed by atoms with E-state index in [1.54, 1.807) is 12.4 Å². The number of aromatic nitrogens is 1. The van der Waals surface area contributed by atoms with Gasteiger partial charge in [-0.15, -0.1) is 0 Å². The third-order valence-electron chi connectivity index (χ3n) is 4.47. The fourth-order valence-corrected chi connectivity index (χ4v) is 3.12. The van der Waals surface area contributed by atoms with Crippen LogP contribution in [0.25, 0.3) is 0 Å². The number of carbonyl (C=O) groups excluding carboxylic acids is 1. The van der Waals surface area contributed by atoms with E-state index in [2.05, 4.69) is 10.3 Å². The van der Waals surface area contributed by atoms with Crippen molar-refractivity contribution >= 4 is 5.91 Å². The van der Waals surface area contributed by atoms with Gasteiger partial charge >= 0.3 is 0 Å². The molecule has 1 aliphatic carbocycles. The van der Waals surface area contributed by atoms with Crippen molar-refractivity contribution < 1.29 is 4.79 Å². The molecule has 4 nitrogen and oxygen atoms in total. The van der Waals surface area contributed by atoms with Crippen molar-refractivity contribution in [2.24, 2.45) is 11.1 Å². The molecule has 0 radical (unpaired) electrons. The Morgan fingerprint density at radius 3 is 2.60 bits per heavy atom. The van der Waals surface area contributed by atoms with E-state index in [0.717, 1.165) is 18.4 Å². The maximum Gasteiger partial charge on any atom is 0.221 e. The van der Waals surface area contributed by atoms with Gasteiger partial charge in [-0.25, -0.2) is 0 Å². The lowest BCUT2D eigenvalue weighted by Crippen LogP contribution is -2.39. The number of hydrogen-bond acceptors (Lipinski definition) is 3. The highest BCUT2D eigenvalue weighted by atomic mass is 16.1. The lowest BCUT2D eigenvalue weighted by Gasteiger charge is -2.36. The Bertz CT molecular complexity index is 427. The fraction of sp³-hybridized carbons (Fsp3) is 0.625. The summed E-state index contributed by atoms with van der Waals surface area (Å²) in [6.45, 7) is 2.62. The number of nitrogens with two attached hydrogens (primary N) is 1. The van der Waals surface area contributed by atoms with Gasteiger partial charge in [0.25, 0.3) is 0 Å². The van der Waals surface area contributed by atoms with Gasteiger partial charge < -0.3 is 11.1 Å². The SMILES string of the molecule is C[C@H](NC(=O)CC1(CN)CCCCC1)c1ccncc1. The van der Waals surface area contributed by atoms with Crippen molar-refractivity contribution in [3.63, 3.8) is 0 Å². The molecule has 1 heterocycles. The molecule has 1 fully saturated rings. The van der Waals surface area contributed by atoms with Crippen molar-refractivity contribution in [1.29, 1.82) is 0 Å². The first-order chi connectivity index (χ1) is 9.65. The predicted molar refractivity (Wildman–Crippen MR) is 80.0 cm³/mol. The minimum Gasteiger partial charge on any atom is -0.350 e. The molecule has 0 spiro atoms. The van der Waals surface area contributed by atoms with E-state index in [4.69, 9.17) is 5.73 Å². The normalized spacial score (nSPS) is 19.3. The Morgan fingerprint density at radius 2 is 2.00 bits per heavy atom. The molecule has 1 aromatic heterocycles. The second-order valence-electron chi connectivity index (χ2n) is 6.01. The van der Waals surface area contributed by atoms with Crippen LogP contribution in [0.4, 0.5) is 0 Å². The summed E-state index contributed by atoms with van der Waals surface area (Å²) in [5, 5.41) is 3.08. The molecule has 1 saturated carbocycles. The van der Waals surface area contributed by atoms with Gasteiger partial charge in [-0.05, 0) is 49.4 Å². The second kappa shape index (κ2) is 6.84. The van der Waals surface area contributed by atoms with Crippen molar-refractivity contribution in [2.45, 2.75) is 51.5 Å². The second-order valence-corrected chi connectivity index (χ2v) is 6.01. The van der Waals surface area contributed by atoms with Crippen LogP contribution in [0.15, 0.2) is 24.5 Å². The Kier molecular flexibility index (Phi) is 5.12. The summed E-state index contributed by atoms with van der Waals surface area (Å²) in [5.41, 5.74) is 7.05. The molecule has 3 N–H and O–H groups in total. The van der Waals surface area contributed by atoms with Crippen LogP contribution in [0.5, 0.6) is 0 Å². The van der Waals surface area contributed by atoms with Crippen LogP contribution in [-0.4, -0.2) is 17.4 Å². The number of nitrogens with one attached hydrogen (secondary N) is 1. The number of carbonyl (C=O) groups is 1. The van der Waals surface area contributed by atoms with Gasteiger partial charge in [0, 0.05) is 18.8 Å². The third kappa shape index (κ3) is 3.79. The van der Waals surface area contributed by atoms with Crippen molar-refractivity contribution in [3.8, 4) is 0 Å². The summed E-state index contributed by atoms with van der Waals surface area (Å²) in [6.07, 6.45) is 9.90. The summed E-state index contributed by atoms with van der Waals surface area (Å²) in [6, 6.07) is 3.89. The highest BCUT2D eigenvalue weighted by Crippen LogP contribution is 2.38. The number of hydrogen-bond donors (Lipinski definition) is 2. The van der Waals surface area contributed by atoms with E-state index in [9.17, 15) is 4.79 Å². The molecular formula is C16H25N3O. The van der Waals surface area contributed by atoms with Crippen LogP contribution in [0.3, 0.4) is 0 Å². The Labute approximate surface area is 121 Å². The maximum atomic E-state index is 12.3. The Morgan fingerprint density at radius 1 is 1.35 bits per heavy atom. The maximum absolute atomic E-state index is 12.3. The molecule has 0 aliphatic heterocycles. The van der Waals surface area contributed by atoms with E-state index in [1.165, 1.54) is 19.3 Å². The third-order valence-corrected chi connectivity index (χ3v) is 4.47. The quantitative estimate of drug-likeness (QED) is 0.867. The zero-order chi connectivity index (χ0) is 14.4. The van der Waals surface area contributed by atoms with Crippen LogP contribution in [0.1, 0.15) is 57.1 Å². The molecule has 20 heavy (non-hydrogen) atoms. The molecule has 0 saturated heterocycles. The van der Waals surface area contributed by atoms with Gasteiger partial charge in [0.1, 0.15) is 0 Å².